The van der Waals surface area contributed by atoms with E-state index < -0.39 is 0 Å². The minimum Gasteiger partial charge on any atom is -0.343 e. The molecular formula is C9H12N2O. The lowest BCUT2D eigenvalue weighted by atomic mass is 10.1. The minimum absolute atomic E-state index is 0.287. The molecule has 3 N–H and O–H groups in total. The van der Waals surface area contributed by atoms with Gasteiger partial charge in [0.05, 0.1) is 6.17 Å². The van der Waals surface area contributed by atoms with E-state index in [0.29, 0.717) is 12.8 Å². The Hall–Kier alpha value is -1.35. The highest BCUT2D eigenvalue weighted by atomic mass is 16.1. The number of nitrogens with two attached hydrogens (primary N) is 1. The van der Waals surface area contributed by atoms with Gasteiger partial charge in [-0.2, -0.15) is 0 Å². The Bertz CT molecular complexity index is 236. The Balaban J connectivity index is 2.46. The zero-order chi connectivity index (χ0) is 8.81. The largest absolute Gasteiger partial charge is 0.343 e. The SMILES string of the molecule is N[C@H](Cc1ccccc1)NC=O. The van der Waals surface area contributed by atoms with Gasteiger partial charge < -0.3 is 11.1 Å². The lowest BCUT2D eigenvalue weighted by molar-refractivity contribution is -0.110. The van der Waals surface area contributed by atoms with Gasteiger partial charge in [0.1, 0.15) is 0 Å². The average Bonchev–Trinajstić information content (AvgIpc) is 2.06. The Labute approximate surface area is 71.6 Å². The van der Waals surface area contributed by atoms with Crippen molar-refractivity contribution in [1.29, 1.82) is 0 Å². The van der Waals surface area contributed by atoms with Crippen molar-refractivity contribution in [2.45, 2.75) is 12.6 Å². The summed E-state index contributed by atoms with van der Waals surface area (Å²) in [6, 6.07) is 9.80. The molecule has 0 bridgehead atoms. The van der Waals surface area contributed by atoms with Crippen molar-refractivity contribution in [1.82, 2.24) is 5.32 Å². The van der Waals surface area contributed by atoms with Crippen molar-refractivity contribution in [3.05, 3.63) is 35.9 Å². The Morgan fingerprint density at radius 1 is 1.42 bits per heavy atom. The van der Waals surface area contributed by atoms with E-state index in [9.17, 15) is 4.79 Å². The van der Waals surface area contributed by atoms with Crippen LogP contribution in [-0.4, -0.2) is 12.6 Å². The number of carbonyl (C=O) groups excluding carboxylic acids is 1. The summed E-state index contributed by atoms with van der Waals surface area (Å²) in [7, 11) is 0. The molecule has 0 fully saturated rings. The van der Waals surface area contributed by atoms with Gasteiger partial charge in [0, 0.05) is 6.42 Å². The van der Waals surface area contributed by atoms with Crippen molar-refractivity contribution in [3.63, 3.8) is 0 Å². The molecule has 0 saturated carbocycles. The predicted molar refractivity (Wildman–Crippen MR) is 47.3 cm³/mol. The van der Waals surface area contributed by atoms with Crippen LogP contribution < -0.4 is 11.1 Å². The summed E-state index contributed by atoms with van der Waals surface area (Å²) in [5, 5.41) is 2.49. The number of nitrogens with one attached hydrogen (secondary N) is 1. The van der Waals surface area contributed by atoms with Crippen molar-refractivity contribution in [2.24, 2.45) is 5.73 Å². The maximum Gasteiger partial charge on any atom is 0.208 e. The molecule has 3 nitrogen and oxygen atoms in total. The number of amides is 1. The molecule has 0 aliphatic heterocycles. The standard InChI is InChI=1S/C9H12N2O/c10-9(11-7-12)6-8-4-2-1-3-5-8/h1-5,7,9H,6,10H2,(H,11,12)/t9-/m0/s1. The summed E-state index contributed by atoms with van der Waals surface area (Å²) < 4.78 is 0. The van der Waals surface area contributed by atoms with Crippen LogP contribution in [0.1, 0.15) is 5.56 Å². The molecule has 0 spiro atoms. The van der Waals surface area contributed by atoms with Gasteiger partial charge in [0.2, 0.25) is 6.41 Å². The fourth-order valence-corrected chi connectivity index (χ4v) is 1.01. The summed E-state index contributed by atoms with van der Waals surface area (Å²) in [5.41, 5.74) is 6.70. The van der Waals surface area contributed by atoms with Gasteiger partial charge in [0.15, 0.2) is 0 Å². The second kappa shape index (κ2) is 4.51. The molecule has 1 rings (SSSR count). The van der Waals surface area contributed by atoms with Crippen LogP contribution in [0.25, 0.3) is 0 Å². The van der Waals surface area contributed by atoms with Crippen LogP contribution in [0.2, 0.25) is 0 Å². The second-order valence-electron chi connectivity index (χ2n) is 2.58. The van der Waals surface area contributed by atoms with Gasteiger partial charge in [-0.25, -0.2) is 0 Å². The molecule has 12 heavy (non-hydrogen) atoms. The number of rotatable bonds is 4. The molecule has 0 aliphatic rings. The molecule has 0 heterocycles. The maximum absolute atomic E-state index is 10.0. The van der Waals surface area contributed by atoms with Crippen LogP contribution in [-0.2, 0) is 11.2 Å². The van der Waals surface area contributed by atoms with Crippen molar-refractivity contribution in [3.8, 4) is 0 Å². The van der Waals surface area contributed by atoms with Crippen LogP contribution in [0.15, 0.2) is 30.3 Å². The zero-order valence-corrected chi connectivity index (χ0v) is 6.73. The monoisotopic (exact) mass is 164 g/mol. The zero-order valence-electron chi connectivity index (χ0n) is 6.73. The van der Waals surface area contributed by atoms with E-state index in [1.165, 1.54) is 0 Å². The summed E-state index contributed by atoms with van der Waals surface area (Å²) in [6.45, 7) is 0. The van der Waals surface area contributed by atoms with Crippen LogP contribution in [0.5, 0.6) is 0 Å². The first-order valence-corrected chi connectivity index (χ1v) is 3.82. The van der Waals surface area contributed by atoms with E-state index in [1.807, 2.05) is 30.3 Å². The maximum atomic E-state index is 10.0. The molecule has 1 aromatic rings. The van der Waals surface area contributed by atoms with Crippen molar-refractivity contribution < 1.29 is 4.79 Å². The third-order valence-corrected chi connectivity index (χ3v) is 1.58. The third kappa shape index (κ3) is 2.72. The number of benzene rings is 1. The summed E-state index contributed by atoms with van der Waals surface area (Å²) in [4.78, 5) is 10.0. The van der Waals surface area contributed by atoms with E-state index in [-0.39, 0.29) is 6.17 Å². The first kappa shape index (κ1) is 8.74. The van der Waals surface area contributed by atoms with Gasteiger partial charge in [-0.15, -0.1) is 0 Å². The molecule has 64 valence electrons. The summed E-state index contributed by atoms with van der Waals surface area (Å²) in [5.74, 6) is 0. The first-order valence-electron chi connectivity index (χ1n) is 3.82. The molecule has 1 amide bonds. The number of hydrogen-bond acceptors (Lipinski definition) is 2. The lowest BCUT2D eigenvalue weighted by Crippen LogP contribution is -2.38. The fraction of sp³-hybridized carbons (Fsp3) is 0.222. The van der Waals surface area contributed by atoms with E-state index in [2.05, 4.69) is 5.32 Å². The first-order chi connectivity index (χ1) is 5.83. The van der Waals surface area contributed by atoms with Gasteiger partial charge in [-0.3, -0.25) is 4.79 Å². The predicted octanol–water partition coefficient (Wildman–Crippen LogP) is 0.260. The summed E-state index contributed by atoms with van der Waals surface area (Å²) in [6.07, 6.45) is 0.998. The smallest absolute Gasteiger partial charge is 0.208 e. The topological polar surface area (TPSA) is 55.1 Å². The molecule has 1 aromatic carbocycles. The molecule has 1 atom stereocenters. The van der Waals surface area contributed by atoms with Crippen LogP contribution >= 0.6 is 0 Å². The molecule has 0 unspecified atom stereocenters. The highest BCUT2D eigenvalue weighted by Gasteiger charge is 1.99. The molecular weight excluding hydrogens is 152 g/mol. The van der Waals surface area contributed by atoms with Crippen molar-refractivity contribution in [2.75, 3.05) is 0 Å². The molecule has 0 aliphatic carbocycles. The number of carbonyl (C=O) groups is 1. The van der Waals surface area contributed by atoms with E-state index in [4.69, 9.17) is 5.73 Å². The quantitative estimate of drug-likeness (QED) is 0.495. The Morgan fingerprint density at radius 2 is 2.08 bits per heavy atom. The third-order valence-electron chi connectivity index (χ3n) is 1.58. The van der Waals surface area contributed by atoms with E-state index >= 15 is 0 Å². The fourth-order valence-electron chi connectivity index (χ4n) is 1.01. The van der Waals surface area contributed by atoms with Gasteiger partial charge in [-0.05, 0) is 5.56 Å². The van der Waals surface area contributed by atoms with E-state index in [1.54, 1.807) is 0 Å². The van der Waals surface area contributed by atoms with Gasteiger partial charge in [-0.1, -0.05) is 30.3 Å². The minimum atomic E-state index is -0.287. The second-order valence-corrected chi connectivity index (χ2v) is 2.58. The van der Waals surface area contributed by atoms with Gasteiger partial charge >= 0.3 is 0 Å². The summed E-state index contributed by atoms with van der Waals surface area (Å²) >= 11 is 0. The normalized spacial score (nSPS) is 12.1. The van der Waals surface area contributed by atoms with Crippen LogP contribution in [0.3, 0.4) is 0 Å². The highest BCUT2D eigenvalue weighted by Crippen LogP contribution is 1.99. The number of hydrogen-bond donors (Lipinski definition) is 2. The van der Waals surface area contributed by atoms with E-state index in [0.717, 1.165) is 5.56 Å². The van der Waals surface area contributed by atoms with Gasteiger partial charge in [0.25, 0.3) is 0 Å². The molecule has 0 aromatic heterocycles. The Kier molecular flexibility index (Phi) is 3.29. The lowest BCUT2D eigenvalue weighted by Gasteiger charge is -2.09. The molecule has 3 heteroatoms. The average molecular weight is 164 g/mol. The van der Waals surface area contributed by atoms with Crippen molar-refractivity contribution >= 4 is 6.41 Å². The highest BCUT2D eigenvalue weighted by molar-refractivity contribution is 5.46. The molecule has 0 saturated heterocycles. The molecule has 0 radical (unpaired) electrons. The van der Waals surface area contributed by atoms with Crippen LogP contribution in [0, 0.1) is 0 Å². The Morgan fingerprint density at radius 3 is 2.67 bits per heavy atom. The van der Waals surface area contributed by atoms with Crippen LogP contribution in [0.4, 0.5) is 0 Å².